The minimum atomic E-state index is -0.469. The van der Waals surface area contributed by atoms with Crippen LogP contribution in [0.4, 0.5) is 4.39 Å². The van der Waals surface area contributed by atoms with E-state index in [-0.39, 0.29) is 23.6 Å². The first-order valence-electron chi connectivity index (χ1n) is 9.02. The van der Waals surface area contributed by atoms with Crippen molar-refractivity contribution in [2.75, 3.05) is 20.2 Å². The van der Waals surface area contributed by atoms with Crippen molar-refractivity contribution in [3.63, 3.8) is 0 Å². The quantitative estimate of drug-likeness (QED) is 0.845. The minimum Gasteiger partial charge on any atom is -0.494 e. The second-order valence-corrected chi connectivity index (χ2v) is 7.29. The number of benzene rings is 1. The summed E-state index contributed by atoms with van der Waals surface area (Å²) >= 11 is 0. The fourth-order valence-corrected chi connectivity index (χ4v) is 4.28. The van der Waals surface area contributed by atoms with Crippen LogP contribution in [0.1, 0.15) is 42.5 Å². The summed E-state index contributed by atoms with van der Waals surface area (Å²) < 4.78 is 18.5. The first kappa shape index (κ1) is 16.4. The molecule has 25 heavy (non-hydrogen) atoms. The molecule has 0 spiro atoms. The van der Waals surface area contributed by atoms with Crippen molar-refractivity contribution in [1.82, 2.24) is 9.80 Å². The Bertz CT molecular complexity index is 704. The van der Waals surface area contributed by atoms with Gasteiger partial charge in [-0.2, -0.15) is 0 Å². The molecule has 2 amide bonds. The molecular weight excluding hydrogens is 323 g/mol. The summed E-state index contributed by atoms with van der Waals surface area (Å²) in [7, 11) is 1.39. The van der Waals surface area contributed by atoms with Gasteiger partial charge in [-0.25, -0.2) is 4.39 Å². The van der Waals surface area contributed by atoms with Crippen LogP contribution < -0.4 is 4.74 Å². The summed E-state index contributed by atoms with van der Waals surface area (Å²) in [5.41, 5.74) is 0.447. The van der Waals surface area contributed by atoms with Gasteiger partial charge in [0.2, 0.25) is 5.91 Å². The second-order valence-electron chi connectivity index (χ2n) is 7.29. The standard InChI is InChI=1S/C19H23FN2O3/c1-25-17-10-12(2-6-15(17)20)19(24)21-9-8-16-13(11-21)3-7-18(23)22(16)14-4-5-14/h2,6,10,13-14,16H,3-5,7-9,11H2,1H3/t13-,16-/m0/s1. The van der Waals surface area contributed by atoms with Gasteiger partial charge in [0, 0.05) is 37.2 Å². The van der Waals surface area contributed by atoms with Crippen molar-refractivity contribution in [1.29, 1.82) is 0 Å². The normalized spacial score (nSPS) is 26.4. The van der Waals surface area contributed by atoms with E-state index in [2.05, 4.69) is 4.90 Å². The van der Waals surface area contributed by atoms with Crippen molar-refractivity contribution < 1.29 is 18.7 Å². The van der Waals surface area contributed by atoms with Gasteiger partial charge >= 0.3 is 0 Å². The van der Waals surface area contributed by atoms with Crippen LogP contribution >= 0.6 is 0 Å². The van der Waals surface area contributed by atoms with Crippen molar-refractivity contribution in [3.05, 3.63) is 29.6 Å². The van der Waals surface area contributed by atoms with E-state index < -0.39 is 5.82 Å². The summed E-state index contributed by atoms with van der Waals surface area (Å²) in [6, 6.07) is 4.95. The fraction of sp³-hybridized carbons (Fsp3) is 0.579. The van der Waals surface area contributed by atoms with Gasteiger partial charge in [0.1, 0.15) is 0 Å². The predicted molar refractivity (Wildman–Crippen MR) is 89.9 cm³/mol. The highest BCUT2D eigenvalue weighted by Crippen LogP contribution is 2.39. The molecule has 1 aliphatic carbocycles. The number of ether oxygens (including phenoxy) is 1. The van der Waals surface area contributed by atoms with Gasteiger partial charge in [-0.05, 0) is 49.8 Å². The number of piperidine rings is 2. The van der Waals surface area contributed by atoms with Gasteiger partial charge in [-0.3, -0.25) is 9.59 Å². The number of hydrogen-bond acceptors (Lipinski definition) is 3. The lowest BCUT2D eigenvalue weighted by Gasteiger charge is -2.47. The zero-order valence-electron chi connectivity index (χ0n) is 14.4. The maximum atomic E-state index is 13.6. The van der Waals surface area contributed by atoms with Crippen molar-refractivity contribution >= 4 is 11.8 Å². The second kappa shape index (κ2) is 6.32. The van der Waals surface area contributed by atoms with Gasteiger partial charge < -0.3 is 14.5 Å². The van der Waals surface area contributed by atoms with E-state index in [0.29, 0.717) is 37.0 Å². The van der Waals surface area contributed by atoms with Crippen LogP contribution in [0.3, 0.4) is 0 Å². The average molecular weight is 346 g/mol. The van der Waals surface area contributed by atoms with E-state index in [9.17, 15) is 14.0 Å². The van der Waals surface area contributed by atoms with Crippen molar-refractivity contribution in [3.8, 4) is 5.75 Å². The van der Waals surface area contributed by atoms with Gasteiger partial charge in [0.15, 0.2) is 11.6 Å². The molecular formula is C19H23FN2O3. The molecule has 1 aromatic rings. The highest BCUT2D eigenvalue weighted by molar-refractivity contribution is 5.94. The zero-order chi connectivity index (χ0) is 17.6. The Morgan fingerprint density at radius 3 is 2.76 bits per heavy atom. The fourth-order valence-electron chi connectivity index (χ4n) is 4.28. The Kier molecular flexibility index (Phi) is 4.13. The number of carbonyl (C=O) groups excluding carboxylic acids is 2. The van der Waals surface area contributed by atoms with Crippen molar-refractivity contribution in [2.45, 2.75) is 44.2 Å². The number of halogens is 1. The van der Waals surface area contributed by atoms with E-state index in [1.54, 1.807) is 0 Å². The molecule has 6 heteroatoms. The van der Waals surface area contributed by atoms with Crippen LogP contribution in [-0.2, 0) is 4.79 Å². The van der Waals surface area contributed by atoms with Crippen LogP contribution in [-0.4, -0.2) is 53.9 Å². The molecule has 0 N–H and O–H groups in total. The van der Waals surface area contributed by atoms with Crippen LogP contribution in [0, 0.1) is 11.7 Å². The molecule has 2 heterocycles. The number of amides is 2. The van der Waals surface area contributed by atoms with Gasteiger partial charge in [0.25, 0.3) is 5.91 Å². The van der Waals surface area contributed by atoms with Crippen LogP contribution in [0.5, 0.6) is 5.75 Å². The Balaban J connectivity index is 1.48. The highest BCUT2D eigenvalue weighted by Gasteiger charge is 2.45. The summed E-state index contributed by atoms with van der Waals surface area (Å²) in [5.74, 6) is 0.157. The predicted octanol–water partition coefficient (Wildman–Crippen LogP) is 2.45. The van der Waals surface area contributed by atoms with Crippen LogP contribution in [0.25, 0.3) is 0 Å². The molecule has 1 aromatic carbocycles. The van der Waals surface area contributed by atoms with Crippen LogP contribution in [0.15, 0.2) is 18.2 Å². The van der Waals surface area contributed by atoms with E-state index in [4.69, 9.17) is 4.74 Å². The number of methoxy groups -OCH3 is 1. The lowest BCUT2D eigenvalue weighted by atomic mass is 9.83. The molecule has 2 aliphatic heterocycles. The number of hydrogen-bond donors (Lipinski definition) is 0. The lowest BCUT2D eigenvalue weighted by Crippen LogP contribution is -2.57. The number of carbonyl (C=O) groups is 2. The Morgan fingerprint density at radius 1 is 1.24 bits per heavy atom. The lowest BCUT2D eigenvalue weighted by molar-refractivity contribution is -0.141. The molecule has 3 fully saturated rings. The molecule has 0 aromatic heterocycles. The monoisotopic (exact) mass is 346 g/mol. The third-order valence-corrected chi connectivity index (χ3v) is 5.69. The number of fused-ring (bicyclic) bond motifs is 1. The maximum Gasteiger partial charge on any atom is 0.254 e. The summed E-state index contributed by atoms with van der Waals surface area (Å²) in [6.45, 7) is 1.30. The Labute approximate surface area is 146 Å². The molecule has 2 saturated heterocycles. The summed E-state index contributed by atoms with van der Waals surface area (Å²) in [6.07, 6.45) is 4.50. The van der Waals surface area contributed by atoms with Crippen LogP contribution in [0.2, 0.25) is 0 Å². The molecule has 4 rings (SSSR count). The molecule has 0 radical (unpaired) electrons. The molecule has 1 saturated carbocycles. The molecule has 5 nitrogen and oxygen atoms in total. The van der Waals surface area contributed by atoms with Crippen molar-refractivity contribution in [2.24, 2.45) is 5.92 Å². The highest BCUT2D eigenvalue weighted by atomic mass is 19.1. The third-order valence-electron chi connectivity index (χ3n) is 5.69. The first-order chi connectivity index (χ1) is 12.1. The molecule has 134 valence electrons. The van der Waals surface area contributed by atoms with Gasteiger partial charge in [0.05, 0.1) is 7.11 Å². The smallest absolute Gasteiger partial charge is 0.254 e. The summed E-state index contributed by atoms with van der Waals surface area (Å²) in [5, 5.41) is 0. The van der Waals surface area contributed by atoms with Gasteiger partial charge in [-0.15, -0.1) is 0 Å². The number of nitrogens with zero attached hydrogens (tertiary/aromatic N) is 2. The molecule has 2 atom stereocenters. The van der Waals surface area contributed by atoms with E-state index in [1.807, 2.05) is 4.90 Å². The molecule has 0 bridgehead atoms. The average Bonchev–Trinajstić information content (AvgIpc) is 3.46. The number of rotatable bonds is 3. The maximum absolute atomic E-state index is 13.6. The zero-order valence-corrected chi connectivity index (χ0v) is 14.4. The van der Waals surface area contributed by atoms with E-state index in [0.717, 1.165) is 25.7 Å². The van der Waals surface area contributed by atoms with E-state index in [1.165, 1.54) is 25.3 Å². The SMILES string of the molecule is COc1cc(C(=O)N2CC[C@H]3[C@@H](CCC(=O)N3C3CC3)C2)ccc1F. The Hall–Kier alpha value is -2.11. The minimum absolute atomic E-state index is 0.0870. The molecule has 0 unspecified atom stereocenters. The topological polar surface area (TPSA) is 49.9 Å². The summed E-state index contributed by atoms with van der Waals surface area (Å²) in [4.78, 5) is 29.0. The number of likely N-dealkylation sites (tertiary alicyclic amines) is 2. The first-order valence-corrected chi connectivity index (χ1v) is 9.02. The molecule has 3 aliphatic rings. The van der Waals surface area contributed by atoms with E-state index >= 15 is 0 Å². The Morgan fingerprint density at radius 2 is 2.04 bits per heavy atom. The van der Waals surface area contributed by atoms with Gasteiger partial charge in [-0.1, -0.05) is 0 Å². The third kappa shape index (κ3) is 2.98. The largest absolute Gasteiger partial charge is 0.494 e.